The molecule has 0 saturated carbocycles. The second-order valence-corrected chi connectivity index (χ2v) is 3.99. The maximum Gasteiger partial charge on any atom is 0.121 e. The van der Waals surface area contributed by atoms with Gasteiger partial charge in [-0.1, -0.05) is 12.1 Å². The van der Waals surface area contributed by atoms with Gasteiger partial charge >= 0.3 is 0 Å². The normalized spacial score (nSPS) is 11.5. The number of benzene rings is 1. The van der Waals surface area contributed by atoms with Gasteiger partial charge in [-0.15, -0.1) is 0 Å². The molecule has 0 aromatic heterocycles. The fraction of sp³-hybridized carbons (Fsp3) is 0.455. The Morgan fingerprint density at radius 2 is 2.00 bits per heavy atom. The molecule has 1 aromatic carbocycles. The average Bonchev–Trinajstić information content (AvgIpc) is 2.01. The minimum atomic E-state index is -0.652. The molecule has 0 bridgehead atoms. The van der Waals surface area contributed by atoms with E-state index in [-0.39, 0.29) is 0 Å². The predicted molar refractivity (Wildman–Crippen MR) is 58.2 cm³/mol. The van der Waals surface area contributed by atoms with E-state index in [1.54, 1.807) is 7.11 Å². The van der Waals surface area contributed by atoms with Crippen molar-refractivity contribution in [2.24, 2.45) is 11.5 Å². The van der Waals surface area contributed by atoms with E-state index in [4.69, 9.17) is 16.2 Å². The van der Waals surface area contributed by atoms with Crippen LogP contribution in [0.2, 0.25) is 0 Å². The summed E-state index contributed by atoms with van der Waals surface area (Å²) in [6.45, 7) is 3.82. The summed E-state index contributed by atoms with van der Waals surface area (Å²) in [5.74, 6) is 0.893. The molecule has 0 unspecified atom stereocenters. The molecular formula is C11H18N2O. The van der Waals surface area contributed by atoms with Crippen LogP contribution in [-0.2, 0) is 6.42 Å². The number of rotatable bonds is 3. The van der Waals surface area contributed by atoms with E-state index in [1.807, 2.05) is 26.0 Å². The summed E-state index contributed by atoms with van der Waals surface area (Å²) in [5.41, 5.74) is 13.1. The van der Waals surface area contributed by atoms with Gasteiger partial charge in [-0.05, 0) is 31.0 Å². The van der Waals surface area contributed by atoms with E-state index < -0.39 is 5.66 Å². The van der Waals surface area contributed by atoms with E-state index in [0.29, 0.717) is 6.42 Å². The lowest BCUT2D eigenvalue weighted by atomic mass is 10.0. The highest BCUT2D eigenvalue weighted by Gasteiger charge is 2.12. The van der Waals surface area contributed by atoms with Crippen LogP contribution >= 0.6 is 0 Å². The summed E-state index contributed by atoms with van der Waals surface area (Å²) < 4.78 is 5.17. The Morgan fingerprint density at radius 1 is 1.36 bits per heavy atom. The number of nitrogens with two attached hydrogens (primary N) is 2. The van der Waals surface area contributed by atoms with Crippen molar-refractivity contribution in [3.8, 4) is 5.75 Å². The largest absolute Gasteiger partial charge is 0.496 e. The SMILES string of the molecule is COc1ccc(CC(C)(N)N)cc1C. The number of ether oxygens (including phenoxy) is 1. The Kier molecular flexibility index (Phi) is 3.13. The third-order valence-electron chi connectivity index (χ3n) is 2.04. The standard InChI is InChI=1S/C11H18N2O/c1-8-6-9(7-11(2,12)13)4-5-10(8)14-3/h4-6H,7,12-13H2,1-3H3. The predicted octanol–water partition coefficient (Wildman–Crippen LogP) is 1.18. The smallest absolute Gasteiger partial charge is 0.121 e. The molecule has 14 heavy (non-hydrogen) atoms. The summed E-state index contributed by atoms with van der Waals surface area (Å²) in [6.07, 6.45) is 0.665. The van der Waals surface area contributed by atoms with Crippen molar-refractivity contribution in [2.75, 3.05) is 7.11 Å². The maximum absolute atomic E-state index is 5.73. The van der Waals surface area contributed by atoms with Gasteiger partial charge in [0.25, 0.3) is 0 Å². The lowest BCUT2D eigenvalue weighted by Gasteiger charge is -2.19. The molecule has 0 saturated heterocycles. The molecule has 4 N–H and O–H groups in total. The Hall–Kier alpha value is -1.06. The molecule has 0 atom stereocenters. The molecule has 0 amide bonds. The van der Waals surface area contributed by atoms with Crippen molar-refractivity contribution in [3.63, 3.8) is 0 Å². The third kappa shape index (κ3) is 3.01. The van der Waals surface area contributed by atoms with Crippen LogP contribution in [0.1, 0.15) is 18.1 Å². The topological polar surface area (TPSA) is 61.3 Å². The van der Waals surface area contributed by atoms with Crippen LogP contribution in [0.5, 0.6) is 5.75 Å². The van der Waals surface area contributed by atoms with Crippen LogP contribution in [0.3, 0.4) is 0 Å². The fourth-order valence-corrected chi connectivity index (χ4v) is 1.49. The molecule has 1 rings (SSSR count). The molecular weight excluding hydrogens is 176 g/mol. The summed E-state index contributed by atoms with van der Waals surface area (Å²) >= 11 is 0. The first-order valence-corrected chi connectivity index (χ1v) is 4.63. The Balaban J connectivity index is 2.87. The number of hydrogen-bond acceptors (Lipinski definition) is 3. The highest BCUT2D eigenvalue weighted by molar-refractivity contribution is 5.36. The zero-order valence-electron chi connectivity index (χ0n) is 9.00. The first-order valence-electron chi connectivity index (χ1n) is 4.63. The lowest BCUT2D eigenvalue weighted by Crippen LogP contribution is -2.48. The van der Waals surface area contributed by atoms with Gasteiger partial charge in [0, 0.05) is 6.42 Å². The monoisotopic (exact) mass is 194 g/mol. The van der Waals surface area contributed by atoms with Crippen LogP contribution < -0.4 is 16.2 Å². The van der Waals surface area contributed by atoms with Gasteiger partial charge < -0.3 is 16.2 Å². The minimum Gasteiger partial charge on any atom is -0.496 e. The molecule has 3 nitrogen and oxygen atoms in total. The zero-order chi connectivity index (χ0) is 10.8. The van der Waals surface area contributed by atoms with E-state index >= 15 is 0 Å². The molecule has 0 aliphatic carbocycles. The molecule has 0 heterocycles. The van der Waals surface area contributed by atoms with Crippen molar-refractivity contribution in [2.45, 2.75) is 25.9 Å². The third-order valence-corrected chi connectivity index (χ3v) is 2.04. The van der Waals surface area contributed by atoms with E-state index in [1.165, 1.54) is 0 Å². The van der Waals surface area contributed by atoms with E-state index in [0.717, 1.165) is 16.9 Å². The van der Waals surface area contributed by atoms with Crippen LogP contribution in [0, 0.1) is 6.92 Å². The van der Waals surface area contributed by atoms with Crippen LogP contribution in [0.4, 0.5) is 0 Å². The number of aryl methyl sites for hydroxylation is 1. The van der Waals surface area contributed by atoms with Gasteiger partial charge in [-0.25, -0.2) is 0 Å². The summed E-state index contributed by atoms with van der Waals surface area (Å²) in [6, 6.07) is 5.98. The van der Waals surface area contributed by atoms with Crippen molar-refractivity contribution in [1.29, 1.82) is 0 Å². The van der Waals surface area contributed by atoms with Crippen LogP contribution in [-0.4, -0.2) is 12.8 Å². The highest BCUT2D eigenvalue weighted by atomic mass is 16.5. The van der Waals surface area contributed by atoms with Gasteiger partial charge in [0.1, 0.15) is 5.75 Å². The molecule has 0 spiro atoms. The van der Waals surface area contributed by atoms with Gasteiger partial charge in [-0.3, -0.25) is 0 Å². The van der Waals surface area contributed by atoms with Crippen LogP contribution in [0.25, 0.3) is 0 Å². The van der Waals surface area contributed by atoms with Crippen LogP contribution in [0.15, 0.2) is 18.2 Å². The fourth-order valence-electron chi connectivity index (χ4n) is 1.49. The van der Waals surface area contributed by atoms with Crippen molar-refractivity contribution in [3.05, 3.63) is 29.3 Å². The Bertz CT molecular complexity index is 316. The lowest BCUT2D eigenvalue weighted by molar-refractivity contribution is 0.411. The van der Waals surface area contributed by atoms with E-state index in [9.17, 15) is 0 Å². The molecule has 1 aromatic rings. The Labute approximate surface area is 85.0 Å². The average molecular weight is 194 g/mol. The Morgan fingerprint density at radius 3 is 2.43 bits per heavy atom. The zero-order valence-corrected chi connectivity index (χ0v) is 9.00. The summed E-state index contributed by atoms with van der Waals surface area (Å²) in [7, 11) is 1.66. The van der Waals surface area contributed by atoms with Gasteiger partial charge in [0.2, 0.25) is 0 Å². The maximum atomic E-state index is 5.73. The molecule has 0 fully saturated rings. The van der Waals surface area contributed by atoms with E-state index in [2.05, 4.69) is 6.07 Å². The number of hydrogen-bond donors (Lipinski definition) is 2. The second kappa shape index (κ2) is 3.98. The number of methoxy groups -OCH3 is 1. The molecule has 0 aliphatic heterocycles. The van der Waals surface area contributed by atoms with Gasteiger partial charge in [-0.2, -0.15) is 0 Å². The first kappa shape index (κ1) is 11.0. The van der Waals surface area contributed by atoms with Crippen molar-refractivity contribution < 1.29 is 4.74 Å². The van der Waals surface area contributed by atoms with Crippen molar-refractivity contribution in [1.82, 2.24) is 0 Å². The summed E-state index contributed by atoms with van der Waals surface area (Å²) in [4.78, 5) is 0. The minimum absolute atomic E-state index is 0.652. The van der Waals surface area contributed by atoms with Crippen molar-refractivity contribution >= 4 is 0 Å². The first-order chi connectivity index (χ1) is 6.42. The molecule has 0 aliphatic rings. The molecule has 0 radical (unpaired) electrons. The summed E-state index contributed by atoms with van der Waals surface area (Å²) in [5, 5.41) is 0. The van der Waals surface area contributed by atoms with Gasteiger partial charge in [0.05, 0.1) is 12.8 Å². The van der Waals surface area contributed by atoms with Gasteiger partial charge in [0.15, 0.2) is 0 Å². The molecule has 3 heteroatoms. The highest BCUT2D eigenvalue weighted by Crippen LogP contribution is 2.19. The second-order valence-electron chi connectivity index (χ2n) is 3.99. The quantitative estimate of drug-likeness (QED) is 0.710. The molecule has 78 valence electrons.